The Labute approximate surface area is 176 Å². The number of carbonyl (C=O) groups excluding carboxylic acids is 1. The number of alkyl halides is 2. The van der Waals surface area contributed by atoms with E-state index in [0.29, 0.717) is 24.5 Å². The average Bonchev–Trinajstić information content (AvgIpc) is 3.51. The van der Waals surface area contributed by atoms with Gasteiger partial charge in [-0.2, -0.15) is 0 Å². The van der Waals surface area contributed by atoms with Gasteiger partial charge in [-0.05, 0) is 75.2 Å². The van der Waals surface area contributed by atoms with Crippen LogP contribution < -0.4 is 10.1 Å². The molecule has 0 aromatic heterocycles. The van der Waals surface area contributed by atoms with Gasteiger partial charge < -0.3 is 19.7 Å². The lowest BCUT2D eigenvalue weighted by Gasteiger charge is -2.44. The van der Waals surface area contributed by atoms with Gasteiger partial charge in [0.1, 0.15) is 11.4 Å². The molecule has 1 aromatic rings. The fourth-order valence-electron chi connectivity index (χ4n) is 5.21. The standard InChI is InChI=1S/C23H30F2N2O3/c24-23(25)9-5-19(6-10-23)29-18-3-1-17(2-4-18)22(11-12-22)30-21(28)26-20-15-27-13-7-16(20)8-14-27/h1-4,16,19-20H,5-15H2,(H,26,28). The number of ether oxygens (including phenoxy) is 2. The van der Waals surface area contributed by atoms with Crippen LogP contribution in [0.2, 0.25) is 0 Å². The predicted molar refractivity (Wildman–Crippen MR) is 108 cm³/mol. The highest BCUT2D eigenvalue weighted by Gasteiger charge is 2.49. The van der Waals surface area contributed by atoms with E-state index in [2.05, 4.69) is 10.2 Å². The van der Waals surface area contributed by atoms with Crippen molar-refractivity contribution in [1.29, 1.82) is 0 Å². The van der Waals surface area contributed by atoms with Crippen LogP contribution in [0.25, 0.3) is 0 Å². The van der Waals surface area contributed by atoms with Crippen LogP contribution in [0.4, 0.5) is 13.6 Å². The van der Waals surface area contributed by atoms with Crippen molar-refractivity contribution < 1.29 is 23.0 Å². The van der Waals surface area contributed by atoms with E-state index >= 15 is 0 Å². The summed E-state index contributed by atoms with van der Waals surface area (Å²) in [5, 5.41) is 3.10. The molecule has 164 valence electrons. The molecular formula is C23H30F2N2O3. The summed E-state index contributed by atoms with van der Waals surface area (Å²) in [6.45, 7) is 3.20. The number of carbonyl (C=O) groups is 1. The number of hydrogen-bond donors (Lipinski definition) is 1. The molecule has 3 heterocycles. The molecule has 1 amide bonds. The van der Waals surface area contributed by atoms with Gasteiger partial charge in [0, 0.05) is 25.4 Å². The van der Waals surface area contributed by atoms with Crippen LogP contribution in [0.5, 0.6) is 5.75 Å². The van der Waals surface area contributed by atoms with Crippen LogP contribution in [0.3, 0.4) is 0 Å². The number of nitrogens with zero attached hydrogens (tertiary/aromatic N) is 1. The summed E-state index contributed by atoms with van der Waals surface area (Å²) in [5.41, 5.74) is 0.429. The normalized spacial score (nSPS) is 31.7. The summed E-state index contributed by atoms with van der Waals surface area (Å²) in [6.07, 6.45) is 3.98. The largest absolute Gasteiger partial charge is 0.490 e. The molecule has 5 nitrogen and oxygen atoms in total. The highest BCUT2D eigenvalue weighted by atomic mass is 19.3. The number of rotatable bonds is 5. The summed E-state index contributed by atoms with van der Waals surface area (Å²) >= 11 is 0. The topological polar surface area (TPSA) is 50.8 Å². The molecule has 2 saturated carbocycles. The molecule has 6 rings (SSSR count). The Hall–Kier alpha value is -1.89. The van der Waals surface area contributed by atoms with Crippen LogP contribution in [-0.2, 0) is 10.3 Å². The lowest BCUT2D eigenvalue weighted by Crippen LogP contribution is -2.57. The summed E-state index contributed by atoms with van der Waals surface area (Å²) in [4.78, 5) is 15.0. The van der Waals surface area contributed by atoms with E-state index in [4.69, 9.17) is 9.47 Å². The van der Waals surface area contributed by atoms with E-state index in [1.54, 1.807) is 0 Å². The predicted octanol–water partition coefficient (Wildman–Crippen LogP) is 4.45. The third-order valence-corrected chi connectivity index (χ3v) is 7.30. The first-order chi connectivity index (χ1) is 14.4. The highest BCUT2D eigenvalue weighted by molar-refractivity contribution is 5.69. The van der Waals surface area contributed by atoms with E-state index in [-0.39, 0.29) is 31.1 Å². The minimum absolute atomic E-state index is 0.110. The van der Waals surface area contributed by atoms with Crippen LogP contribution >= 0.6 is 0 Å². The van der Waals surface area contributed by atoms with E-state index in [1.165, 1.54) is 0 Å². The van der Waals surface area contributed by atoms with Gasteiger partial charge in [0.25, 0.3) is 0 Å². The Kier molecular flexibility index (Phi) is 5.12. The zero-order chi connectivity index (χ0) is 20.8. The summed E-state index contributed by atoms with van der Waals surface area (Å²) in [5.74, 6) is -1.30. The van der Waals surface area contributed by atoms with Gasteiger partial charge in [-0.1, -0.05) is 12.1 Å². The monoisotopic (exact) mass is 420 g/mol. The minimum Gasteiger partial charge on any atom is -0.490 e. The molecule has 1 N–H and O–H groups in total. The molecule has 5 fully saturated rings. The van der Waals surface area contributed by atoms with E-state index in [9.17, 15) is 13.6 Å². The second-order valence-corrected chi connectivity index (χ2v) is 9.47. The van der Waals surface area contributed by atoms with Gasteiger partial charge in [0.15, 0.2) is 0 Å². The van der Waals surface area contributed by atoms with Crippen LogP contribution in [0.15, 0.2) is 24.3 Å². The van der Waals surface area contributed by atoms with Crippen LogP contribution in [0.1, 0.15) is 56.9 Å². The first-order valence-corrected chi connectivity index (χ1v) is 11.3. The zero-order valence-corrected chi connectivity index (χ0v) is 17.2. The van der Waals surface area contributed by atoms with E-state index < -0.39 is 11.5 Å². The van der Waals surface area contributed by atoms with Crippen molar-refractivity contribution in [2.45, 2.75) is 75.0 Å². The second kappa shape index (κ2) is 7.66. The molecule has 0 radical (unpaired) electrons. The fourth-order valence-corrected chi connectivity index (χ4v) is 5.21. The Balaban J connectivity index is 1.15. The lowest BCUT2D eigenvalue weighted by molar-refractivity contribution is -0.0582. The number of alkyl carbamates (subject to hydrolysis) is 1. The second-order valence-electron chi connectivity index (χ2n) is 9.47. The van der Waals surface area contributed by atoms with Crippen molar-refractivity contribution >= 4 is 6.09 Å². The first-order valence-electron chi connectivity index (χ1n) is 11.3. The van der Waals surface area contributed by atoms with Crippen molar-refractivity contribution in [2.75, 3.05) is 19.6 Å². The van der Waals surface area contributed by atoms with Crippen molar-refractivity contribution in [2.24, 2.45) is 5.92 Å². The SMILES string of the molecule is O=C(NC1CN2CCC1CC2)OC1(c2ccc(OC3CCC(F)(F)CC3)cc2)CC1. The van der Waals surface area contributed by atoms with Crippen molar-refractivity contribution in [1.82, 2.24) is 10.2 Å². The van der Waals surface area contributed by atoms with Crippen molar-refractivity contribution in [3.63, 3.8) is 0 Å². The quantitative estimate of drug-likeness (QED) is 0.765. The molecule has 0 spiro atoms. The first kappa shape index (κ1) is 20.0. The number of fused-ring (bicyclic) bond motifs is 3. The average molecular weight is 421 g/mol. The highest BCUT2D eigenvalue weighted by Crippen LogP contribution is 2.49. The maximum absolute atomic E-state index is 13.3. The van der Waals surface area contributed by atoms with Crippen LogP contribution in [0, 0.1) is 5.92 Å². The molecule has 3 aliphatic heterocycles. The number of piperidine rings is 3. The van der Waals surface area contributed by atoms with E-state index in [1.807, 2.05) is 24.3 Å². The lowest BCUT2D eigenvalue weighted by atomic mass is 9.84. The molecule has 1 unspecified atom stereocenters. The van der Waals surface area contributed by atoms with Crippen molar-refractivity contribution in [3.05, 3.63) is 29.8 Å². The molecule has 2 bridgehead atoms. The summed E-state index contributed by atoms with van der Waals surface area (Å²) in [7, 11) is 0. The number of nitrogens with one attached hydrogen (secondary N) is 1. The Morgan fingerprint density at radius 2 is 1.67 bits per heavy atom. The molecular weight excluding hydrogens is 390 g/mol. The van der Waals surface area contributed by atoms with Gasteiger partial charge in [-0.25, -0.2) is 13.6 Å². The zero-order valence-electron chi connectivity index (χ0n) is 17.2. The van der Waals surface area contributed by atoms with Gasteiger partial charge in [0.2, 0.25) is 5.92 Å². The van der Waals surface area contributed by atoms with Gasteiger partial charge in [-0.3, -0.25) is 0 Å². The fraction of sp³-hybridized carbons (Fsp3) is 0.696. The molecule has 1 aromatic carbocycles. The number of halogens is 2. The number of hydrogen-bond acceptors (Lipinski definition) is 4. The van der Waals surface area contributed by atoms with Gasteiger partial charge >= 0.3 is 6.09 Å². The molecule has 7 heteroatoms. The molecule has 3 saturated heterocycles. The molecule has 5 aliphatic rings. The third-order valence-electron chi connectivity index (χ3n) is 7.30. The third kappa shape index (κ3) is 4.27. The minimum atomic E-state index is -2.55. The van der Waals surface area contributed by atoms with Crippen molar-refractivity contribution in [3.8, 4) is 5.75 Å². The molecule has 2 aliphatic carbocycles. The number of amides is 1. The molecule has 30 heavy (non-hydrogen) atoms. The number of benzene rings is 1. The molecule has 1 atom stereocenters. The Bertz CT molecular complexity index is 763. The maximum Gasteiger partial charge on any atom is 0.408 e. The van der Waals surface area contributed by atoms with Gasteiger partial charge in [0.05, 0.1) is 6.10 Å². The summed E-state index contributed by atoms with van der Waals surface area (Å²) < 4.78 is 38.4. The maximum atomic E-state index is 13.3. The van der Waals surface area contributed by atoms with E-state index in [0.717, 1.165) is 50.9 Å². The van der Waals surface area contributed by atoms with Crippen LogP contribution in [-0.4, -0.2) is 48.7 Å². The Morgan fingerprint density at radius 3 is 2.23 bits per heavy atom. The smallest absolute Gasteiger partial charge is 0.408 e. The Morgan fingerprint density at radius 1 is 1.00 bits per heavy atom. The van der Waals surface area contributed by atoms with Gasteiger partial charge in [-0.15, -0.1) is 0 Å². The summed E-state index contributed by atoms with van der Waals surface area (Å²) in [6, 6.07) is 7.77.